The standard InChI is InChI=1S/C28H41NO3SSi/c1-19(2)27-18-33(30,25-13-11-10-12-14-25)29-28-23(15-24(31-9)16-26(27)28)17-32-34(20(3)4,21(5)6)22(7)8/h10-16,20-22,27H,1,17-18H2,2-9H3/t27-,33?/m0/s1. The Morgan fingerprint density at radius 2 is 1.68 bits per heavy atom. The van der Waals surface area contributed by atoms with Crippen LogP contribution in [0.25, 0.3) is 0 Å². The molecule has 1 heterocycles. The number of rotatable bonds is 9. The lowest BCUT2D eigenvalue weighted by Gasteiger charge is -2.42. The average molecular weight is 500 g/mol. The summed E-state index contributed by atoms with van der Waals surface area (Å²) in [7, 11) is -3.05. The summed E-state index contributed by atoms with van der Waals surface area (Å²) in [5.74, 6) is 1.14. The molecule has 2 aromatic carbocycles. The molecule has 0 saturated carbocycles. The Labute approximate surface area is 208 Å². The van der Waals surface area contributed by atoms with Crippen LogP contribution in [0.3, 0.4) is 0 Å². The second kappa shape index (κ2) is 10.5. The zero-order valence-electron chi connectivity index (χ0n) is 22.1. The molecule has 0 N–H and O–H groups in total. The van der Waals surface area contributed by atoms with E-state index in [0.717, 1.165) is 33.0 Å². The lowest BCUT2D eigenvalue weighted by molar-refractivity contribution is 0.265. The molecule has 0 aliphatic carbocycles. The lowest BCUT2D eigenvalue weighted by Crippen LogP contribution is -2.47. The minimum atomic E-state index is -2.64. The number of benzene rings is 2. The van der Waals surface area contributed by atoms with Crippen molar-refractivity contribution in [1.82, 2.24) is 0 Å². The van der Waals surface area contributed by atoms with E-state index in [0.29, 0.717) is 29.0 Å². The van der Waals surface area contributed by atoms with Gasteiger partial charge in [0.05, 0.1) is 19.6 Å². The van der Waals surface area contributed by atoms with E-state index in [4.69, 9.17) is 13.5 Å². The molecule has 0 aromatic heterocycles. The third-order valence-corrected chi connectivity index (χ3v) is 15.7. The predicted octanol–water partition coefficient (Wildman–Crippen LogP) is 8.22. The highest BCUT2D eigenvalue weighted by molar-refractivity contribution is 8.00. The van der Waals surface area contributed by atoms with Gasteiger partial charge in [-0.05, 0) is 63.5 Å². The summed E-state index contributed by atoms with van der Waals surface area (Å²) in [4.78, 5) is 0.768. The predicted molar refractivity (Wildman–Crippen MR) is 146 cm³/mol. The summed E-state index contributed by atoms with van der Waals surface area (Å²) < 4.78 is 31.8. The zero-order chi connectivity index (χ0) is 25.3. The molecule has 2 aromatic rings. The summed E-state index contributed by atoms with van der Waals surface area (Å²) in [6.07, 6.45) is 0. The van der Waals surface area contributed by atoms with Crippen LogP contribution < -0.4 is 4.74 Å². The van der Waals surface area contributed by atoms with Crippen molar-refractivity contribution in [2.75, 3.05) is 12.9 Å². The maximum Gasteiger partial charge on any atom is 0.200 e. The van der Waals surface area contributed by atoms with Crippen LogP contribution in [0, 0.1) is 0 Å². The molecule has 1 aliphatic rings. The van der Waals surface area contributed by atoms with Crippen LogP contribution in [0.5, 0.6) is 5.75 Å². The number of nitrogens with zero attached hydrogens (tertiary/aromatic N) is 1. The third kappa shape index (κ3) is 4.96. The lowest BCUT2D eigenvalue weighted by atomic mass is 9.91. The Balaban J connectivity index is 2.19. The molecule has 0 amide bonds. The minimum absolute atomic E-state index is 0.0589. The first kappa shape index (κ1) is 26.9. The van der Waals surface area contributed by atoms with Gasteiger partial charge in [-0.15, -0.1) is 4.36 Å². The number of hydrogen-bond acceptors (Lipinski definition) is 4. The molecule has 0 fully saturated rings. The molecule has 0 spiro atoms. The van der Waals surface area contributed by atoms with Crippen LogP contribution in [0.2, 0.25) is 16.6 Å². The highest BCUT2D eigenvalue weighted by Crippen LogP contribution is 2.48. The Bertz CT molecular complexity index is 1060. The van der Waals surface area contributed by atoms with Gasteiger partial charge in [-0.1, -0.05) is 71.9 Å². The van der Waals surface area contributed by atoms with Crippen LogP contribution in [0.4, 0.5) is 5.69 Å². The third-order valence-electron chi connectivity index (χ3n) is 7.33. The van der Waals surface area contributed by atoms with Gasteiger partial charge in [0.1, 0.15) is 22.1 Å². The van der Waals surface area contributed by atoms with Gasteiger partial charge in [0.25, 0.3) is 0 Å². The van der Waals surface area contributed by atoms with Crippen LogP contribution >= 0.6 is 0 Å². The van der Waals surface area contributed by atoms with Crippen LogP contribution in [0.1, 0.15) is 65.5 Å². The van der Waals surface area contributed by atoms with Crippen molar-refractivity contribution >= 4 is 24.1 Å². The fourth-order valence-corrected chi connectivity index (χ4v) is 13.5. The van der Waals surface area contributed by atoms with Crippen molar-refractivity contribution in [3.05, 3.63) is 65.7 Å². The fraction of sp³-hybridized carbons (Fsp3) is 0.500. The highest BCUT2D eigenvalue weighted by Gasteiger charge is 2.45. The van der Waals surface area contributed by atoms with Crippen LogP contribution in [0.15, 0.2) is 63.9 Å². The van der Waals surface area contributed by atoms with E-state index in [1.54, 1.807) is 7.11 Å². The van der Waals surface area contributed by atoms with Gasteiger partial charge >= 0.3 is 0 Å². The Morgan fingerprint density at radius 1 is 1.09 bits per heavy atom. The van der Waals surface area contributed by atoms with Gasteiger partial charge in [-0.2, -0.15) is 0 Å². The first-order valence-electron chi connectivity index (χ1n) is 12.3. The Hall–Kier alpha value is -1.73. The molecule has 0 radical (unpaired) electrons. The van der Waals surface area contributed by atoms with Gasteiger partial charge in [0, 0.05) is 5.56 Å². The summed E-state index contributed by atoms with van der Waals surface area (Å²) in [6, 6.07) is 13.7. The smallest absolute Gasteiger partial charge is 0.200 e. The molecule has 2 atom stereocenters. The molecule has 4 nitrogen and oxygen atoms in total. The molecule has 3 rings (SSSR count). The number of allylic oxidation sites excluding steroid dienone is 1. The van der Waals surface area contributed by atoms with Gasteiger partial charge in [-0.25, -0.2) is 0 Å². The second-order valence-corrected chi connectivity index (χ2v) is 18.2. The molecule has 6 heteroatoms. The number of hydrogen-bond donors (Lipinski definition) is 0. The van der Waals surface area contributed by atoms with Crippen molar-refractivity contribution in [1.29, 1.82) is 0 Å². The first-order valence-corrected chi connectivity index (χ1v) is 16.1. The average Bonchev–Trinajstić information content (AvgIpc) is 2.78. The van der Waals surface area contributed by atoms with Gasteiger partial charge in [0.2, 0.25) is 8.32 Å². The van der Waals surface area contributed by atoms with Crippen LogP contribution in [-0.4, -0.2) is 25.7 Å². The van der Waals surface area contributed by atoms with Crippen molar-refractivity contribution in [2.45, 2.75) is 82.5 Å². The summed E-state index contributed by atoms with van der Waals surface area (Å²) in [6.45, 7) is 20.4. The molecule has 0 saturated heterocycles. The zero-order valence-corrected chi connectivity index (χ0v) is 23.9. The summed E-state index contributed by atoms with van der Waals surface area (Å²) in [5, 5.41) is 0. The van der Waals surface area contributed by atoms with E-state index in [1.165, 1.54) is 0 Å². The summed E-state index contributed by atoms with van der Waals surface area (Å²) in [5.41, 5.74) is 5.17. The molecule has 34 heavy (non-hydrogen) atoms. The monoisotopic (exact) mass is 499 g/mol. The highest BCUT2D eigenvalue weighted by atomic mass is 32.3. The van der Waals surface area contributed by atoms with E-state index in [9.17, 15) is 4.55 Å². The van der Waals surface area contributed by atoms with Crippen molar-refractivity contribution < 1.29 is 13.7 Å². The fourth-order valence-electron chi connectivity index (χ4n) is 5.69. The van der Waals surface area contributed by atoms with E-state index >= 15 is 0 Å². The maximum atomic E-state index is 14.2. The Kier molecular flexibility index (Phi) is 8.28. The van der Waals surface area contributed by atoms with Crippen molar-refractivity contribution in [2.24, 2.45) is 4.36 Å². The topological polar surface area (TPSA) is 53.9 Å². The van der Waals surface area contributed by atoms with E-state index in [1.807, 2.05) is 49.4 Å². The molecule has 1 unspecified atom stereocenters. The molecule has 186 valence electrons. The maximum absolute atomic E-state index is 14.2. The quantitative estimate of drug-likeness (QED) is 0.198. The van der Waals surface area contributed by atoms with E-state index in [2.05, 4.69) is 48.1 Å². The van der Waals surface area contributed by atoms with Crippen LogP contribution in [-0.2, 0) is 21.1 Å². The van der Waals surface area contributed by atoms with Gasteiger partial charge in [-0.3, -0.25) is 0 Å². The summed E-state index contributed by atoms with van der Waals surface area (Å²) >= 11 is 0. The molecular formula is C28H41NO3SSi. The first-order chi connectivity index (χ1) is 16.0. The molecular weight excluding hydrogens is 458 g/mol. The number of fused-ring (bicyclic) bond motifs is 1. The van der Waals surface area contributed by atoms with Crippen molar-refractivity contribution in [3.8, 4) is 5.75 Å². The van der Waals surface area contributed by atoms with Gasteiger partial charge in [0.15, 0.2) is 0 Å². The minimum Gasteiger partial charge on any atom is -0.626 e. The van der Waals surface area contributed by atoms with Gasteiger partial charge < -0.3 is 13.7 Å². The normalized spacial score (nSPS) is 20.4. The number of methoxy groups -OCH3 is 1. The Morgan fingerprint density at radius 3 is 2.18 bits per heavy atom. The SMILES string of the molecule is C=C(C)[C@@H]1C[S+]([O-])(c2ccccc2)=Nc2c(CO[Si](C(C)C)(C(C)C)C(C)C)cc(OC)cc21. The number of ether oxygens (including phenoxy) is 1. The largest absolute Gasteiger partial charge is 0.626 e. The second-order valence-electron chi connectivity index (χ2n) is 10.4. The van der Waals surface area contributed by atoms with E-state index < -0.39 is 18.4 Å². The van der Waals surface area contributed by atoms with Crippen molar-refractivity contribution in [3.63, 3.8) is 0 Å². The van der Waals surface area contributed by atoms with E-state index in [-0.39, 0.29) is 5.92 Å². The molecule has 0 bridgehead atoms. The molecule has 1 aliphatic heterocycles.